The fourth-order valence-corrected chi connectivity index (χ4v) is 3.87. The number of nitrogens with zero attached hydrogens (tertiary/aromatic N) is 2. The molecule has 4 nitrogen and oxygen atoms in total. The number of rotatable bonds is 5. The Balaban J connectivity index is 1.67. The maximum atomic E-state index is 12.7. The molecular formula is C21H29N3O. The van der Waals surface area contributed by atoms with Gasteiger partial charge in [-0.2, -0.15) is 0 Å². The molecule has 1 atom stereocenters. The maximum Gasteiger partial charge on any atom is 0.237 e. The van der Waals surface area contributed by atoms with E-state index in [0.717, 1.165) is 16.5 Å². The molecule has 134 valence electrons. The van der Waals surface area contributed by atoms with Gasteiger partial charge in [-0.25, -0.2) is 0 Å². The molecular weight excluding hydrogens is 310 g/mol. The molecule has 1 aromatic carbocycles. The fraction of sp³-hybridized carbons (Fsp3) is 0.524. The van der Waals surface area contributed by atoms with Gasteiger partial charge in [-0.15, -0.1) is 0 Å². The van der Waals surface area contributed by atoms with Crippen molar-refractivity contribution in [1.29, 1.82) is 0 Å². The third-order valence-electron chi connectivity index (χ3n) is 5.71. The molecule has 1 fully saturated rings. The van der Waals surface area contributed by atoms with Crippen LogP contribution in [0.25, 0.3) is 10.9 Å². The van der Waals surface area contributed by atoms with E-state index in [9.17, 15) is 4.79 Å². The van der Waals surface area contributed by atoms with Crippen molar-refractivity contribution in [2.45, 2.75) is 64.6 Å². The van der Waals surface area contributed by atoms with Crippen LogP contribution in [0.2, 0.25) is 0 Å². The first-order chi connectivity index (χ1) is 12.1. The average molecular weight is 339 g/mol. The van der Waals surface area contributed by atoms with E-state index in [1.54, 1.807) is 6.20 Å². The number of carbonyl (C=O) groups is 1. The summed E-state index contributed by atoms with van der Waals surface area (Å²) in [6, 6.07) is 8.58. The SMILES string of the molecule is Cc1ccc2ncccc2c1CNC(=O)C(C)N(C)C1CCCCC1. The highest BCUT2D eigenvalue weighted by Gasteiger charge is 2.26. The lowest BCUT2D eigenvalue weighted by Gasteiger charge is -2.34. The Morgan fingerprint density at radius 1 is 1.28 bits per heavy atom. The third kappa shape index (κ3) is 4.01. The maximum absolute atomic E-state index is 12.7. The Kier molecular flexibility index (Phi) is 5.69. The number of aromatic nitrogens is 1. The molecule has 25 heavy (non-hydrogen) atoms. The first-order valence-corrected chi connectivity index (χ1v) is 9.41. The van der Waals surface area contributed by atoms with E-state index < -0.39 is 0 Å². The molecule has 1 aromatic heterocycles. The van der Waals surface area contributed by atoms with E-state index in [2.05, 4.69) is 41.3 Å². The Morgan fingerprint density at radius 2 is 2.04 bits per heavy atom. The first kappa shape index (κ1) is 17.9. The number of nitrogens with one attached hydrogen (secondary N) is 1. The molecule has 1 saturated carbocycles. The lowest BCUT2D eigenvalue weighted by molar-refractivity contribution is -0.126. The highest BCUT2D eigenvalue weighted by Crippen LogP contribution is 2.23. The zero-order chi connectivity index (χ0) is 17.8. The molecule has 0 radical (unpaired) electrons. The number of hydrogen-bond acceptors (Lipinski definition) is 3. The predicted molar refractivity (Wildman–Crippen MR) is 102 cm³/mol. The van der Waals surface area contributed by atoms with Crippen molar-refractivity contribution in [2.75, 3.05) is 7.05 Å². The van der Waals surface area contributed by atoms with Crippen LogP contribution < -0.4 is 5.32 Å². The van der Waals surface area contributed by atoms with E-state index in [1.807, 2.05) is 19.1 Å². The lowest BCUT2D eigenvalue weighted by atomic mass is 9.93. The highest BCUT2D eigenvalue weighted by molar-refractivity contribution is 5.85. The van der Waals surface area contributed by atoms with Crippen LogP contribution in [0.5, 0.6) is 0 Å². The monoisotopic (exact) mass is 339 g/mol. The summed E-state index contributed by atoms with van der Waals surface area (Å²) in [6.07, 6.45) is 8.13. The quantitative estimate of drug-likeness (QED) is 0.901. The summed E-state index contributed by atoms with van der Waals surface area (Å²) in [5, 5.41) is 4.26. The molecule has 2 aromatic rings. The molecule has 0 saturated heterocycles. The first-order valence-electron chi connectivity index (χ1n) is 9.41. The number of fused-ring (bicyclic) bond motifs is 1. The molecule has 0 spiro atoms. The van der Waals surface area contributed by atoms with E-state index in [-0.39, 0.29) is 11.9 Å². The summed E-state index contributed by atoms with van der Waals surface area (Å²) in [5.74, 6) is 0.105. The van der Waals surface area contributed by atoms with Crippen molar-refractivity contribution in [3.63, 3.8) is 0 Å². The van der Waals surface area contributed by atoms with Gasteiger partial charge in [-0.05, 0) is 57.0 Å². The Hall–Kier alpha value is -1.94. The minimum Gasteiger partial charge on any atom is -0.351 e. The Morgan fingerprint density at radius 3 is 2.80 bits per heavy atom. The molecule has 1 amide bonds. The van der Waals surface area contributed by atoms with Gasteiger partial charge in [-0.1, -0.05) is 31.4 Å². The molecule has 1 aliphatic rings. The minimum absolute atomic E-state index is 0.100. The number of amides is 1. The molecule has 1 heterocycles. The van der Waals surface area contributed by atoms with Crippen LogP contribution in [0.1, 0.15) is 50.2 Å². The van der Waals surface area contributed by atoms with Gasteiger partial charge >= 0.3 is 0 Å². The predicted octanol–water partition coefficient (Wildman–Crippen LogP) is 3.81. The third-order valence-corrected chi connectivity index (χ3v) is 5.71. The van der Waals surface area contributed by atoms with Crippen molar-refractivity contribution in [3.05, 3.63) is 41.6 Å². The van der Waals surface area contributed by atoms with Crippen LogP contribution in [0.3, 0.4) is 0 Å². The smallest absolute Gasteiger partial charge is 0.237 e. The number of pyridine rings is 1. The molecule has 4 heteroatoms. The van der Waals surface area contributed by atoms with Gasteiger partial charge in [0.05, 0.1) is 11.6 Å². The van der Waals surface area contributed by atoms with Crippen LogP contribution in [0.15, 0.2) is 30.5 Å². The van der Waals surface area contributed by atoms with Crippen molar-refractivity contribution < 1.29 is 4.79 Å². The summed E-state index contributed by atoms with van der Waals surface area (Å²) in [6.45, 7) is 4.66. The summed E-state index contributed by atoms with van der Waals surface area (Å²) in [7, 11) is 2.09. The van der Waals surface area contributed by atoms with Crippen LogP contribution >= 0.6 is 0 Å². The Bertz CT molecular complexity index is 737. The summed E-state index contributed by atoms with van der Waals surface area (Å²) >= 11 is 0. The van der Waals surface area contributed by atoms with E-state index in [4.69, 9.17) is 0 Å². The van der Waals surface area contributed by atoms with Gasteiger partial charge in [0.1, 0.15) is 0 Å². The normalized spacial score (nSPS) is 17.0. The van der Waals surface area contributed by atoms with Gasteiger partial charge < -0.3 is 5.32 Å². The number of likely N-dealkylation sites (N-methyl/N-ethyl adjacent to an activating group) is 1. The molecule has 0 bridgehead atoms. The van der Waals surface area contributed by atoms with Crippen molar-refractivity contribution in [1.82, 2.24) is 15.2 Å². The number of aryl methyl sites for hydroxylation is 1. The number of hydrogen-bond donors (Lipinski definition) is 1. The lowest BCUT2D eigenvalue weighted by Crippen LogP contribution is -2.48. The molecule has 1 aliphatic carbocycles. The van der Waals surface area contributed by atoms with Crippen LogP contribution in [0.4, 0.5) is 0 Å². The summed E-state index contributed by atoms with van der Waals surface area (Å²) in [5.41, 5.74) is 3.32. The minimum atomic E-state index is -0.100. The second-order valence-electron chi connectivity index (χ2n) is 7.28. The highest BCUT2D eigenvalue weighted by atomic mass is 16.2. The van der Waals surface area contributed by atoms with E-state index in [0.29, 0.717) is 12.6 Å². The Labute approximate surface area is 150 Å². The van der Waals surface area contributed by atoms with Crippen LogP contribution in [-0.2, 0) is 11.3 Å². The molecule has 1 unspecified atom stereocenters. The zero-order valence-corrected chi connectivity index (χ0v) is 15.6. The van der Waals surface area contributed by atoms with Crippen molar-refractivity contribution >= 4 is 16.8 Å². The standard InChI is InChI=1S/C21H29N3O/c1-15-11-12-20-18(10-7-13-22-20)19(15)14-23-21(25)16(2)24(3)17-8-5-4-6-9-17/h7,10-13,16-17H,4-6,8-9,14H2,1-3H3,(H,23,25). The van der Waals surface area contributed by atoms with Gasteiger partial charge in [0.15, 0.2) is 0 Å². The second-order valence-corrected chi connectivity index (χ2v) is 7.28. The van der Waals surface area contributed by atoms with Crippen molar-refractivity contribution in [3.8, 4) is 0 Å². The van der Waals surface area contributed by atoms with Gasteiger partial charge in [0.25, 0.3) is 0 Å². The fourth-order valence-electron chi connectivity index (χ4n) is 3.87. The van der Waals surface area contributed by atoms with E-state index >= 15 is 0 Å². The summed E-state index contributed by atoms with van der Waals surface area (Å²) < 4.78 is 0. The zero-order valence-electron chi connectivity index (χ0n) is 15.6. The van der Waals surface area contributed by atoms with Crippen LogP contribution in [0, 0.1) is 6.92 Å². The second kappa shape index (κ2) is 7.96. The van der Waals surface area contributed by atoms with Gasteiger partial charge in [0.2, 0.25) is 5.91 Å². The topological polar surface area (TPSA) is 45.2 Å². The van der Waals surface area contributed by atoms with Gasteiger partial charge in [-0.3, -0.25) is 14.7 Å². The number of benzene rings is 1. The largest absolute Gasteiger partial charge is 0.351 e. The average Bonchev–Trinajstić information content (AvgIpc) is 2.66. The van der Waals surface area contributed by atoms with Gasteiger partial charge in [0, 0.05) is 24.2 Å². The summed E-state index contributed by atoms with van der Waals surface area (Å²) in [4.78, 5) is 19.3. The van der Waals surface area contributed by atoms with Crippen molar-refractivity contribution in [2.24, 2.45) is 0 Å². The molecule has 1 N–H and O–H groups in total. The van der Waals surface area contributed by atoms with Crippen LogP contribution in [-0.4, -0.2) is 34.9 Å². The number of carbonyl (C=O) groups excluding carboxylic acids is 1. The van der Waals surface area contributed by atoms with E-state index in [1.165, 1.54) is 37.7 Å². The molecule has 3 rings (SSSR count). The molecule has 0 aliphatic heterocycles.